The monoisotopic (exact) mass is 338 g/mol. The third kappa shape index (κ3) is 1.31. The highest BCUT2D eigenvalue weighted by Crippen LogP contribution is 2.86. The maximum Gasteiger partial charge on any atom is 0.126 e. The van der Waals surface area contributed by atoms with Crippen LogP contribution >= 0.6 is 0 Å². The molecule has 1 nitrogen and oxygen atoms in total. The van der Waals surface area contributed by atoms with Crippen LogP contribution in [-0.4, -0.2) is 0 Å². The van der Waals surface area contributed by atoms with E-state index in [0.29, 0.717) is 11.8 Å². The van der Waals surface area contributed by atoms with Gasteiger partial charge in [0.2, 0.25) is 0 Å². The number of hydrogen-bond donors (Lipinski definition) is 0. The lowest BCUT2D eigenvalue weighted by atomic mass is 9.66. The van der Waals surface area contributed by atoms with E-state index in [1.165, 1.54) is 22.3 Å². The van der Waals surface area contributed by atoms with E-state index in [-0.39, 0.29) is 16.6 Å². The molecule has 0 amide bonds. The summed E-state index contributed by atoms with van der Waals surface area (Å²) in [7, 11) is 0. The van der Waals surface area contributed by atoms with E-state index in [1.807, 2.05) is 0 Å². The van der Waals surface area contributed by atoms with Gasteiger partial charge in [-0.2, -0.15) is 0 Å². The van der Waals surface area contributed by atoms with Crippen molar-refractivity contribution < 1.29 is 4.74 Å². The van der Waals surface area contributed by atoms with Gasteiger partial charge in [0, 0.05) is 11.3 Å². The molecule has 3 aromatic rings. The number of rotatable bonds is 2. The summed E-state index contributed by atoms with van der Waals surface area (Å²) in [5, 5.41) is 0. The van der Waals surface area contributed by atoms with Crippen LogP contribution in [0.1, 0.15) is 36.1 Å². The van der Waals surface area contributed by atoms with Gasteiger partial charge in [-0.25, -0.2) is 0 Å². The minimum atomic E-state index is -0.356. The molecule has 0 aromatic heterocycles. The molecule has 2 aliphatic heterocycles. The summed E-state index contributed by atoms with van der Waals surface area (Å²) in [6.07, 6.45) is 0. The molecule has 3 aliphatic rings. The van der Waals surface area contributed by atoms with Crippen LogP contribution in [-0.2, 0) is 15.9 Å². The summed E-state index contributed by atoms with van der Waals surface area (Å²) in [4.78, 5) is 0. The van der Waals surface area contributed by atoms with Crippen LogP contribution in [0.2, 0.25) is 0 Å². The Hall–Kier alpha value is -2.38. The summed E-state index contributed by atoms with van der Waals surface area (Å²) in [6.45, 7) is 4.85. The van der Waals surface area contributed by atoms with Crippen molar-refractivity contribution in [3.8, 4) is 0 Å². The topological polar surface area (TPSA) is 9.23 Å². The van der Waals surface area contributed by atoms with Gasteiger partial charge in [0.25, 0.3) is 0 Å². The maximum atomic E-state index is 7.23. The predicted molar refractivity (Wildman–Crippen MR) is 103 cm³/mol. The molecule has 3 aromatic carbocycles. The van der Waals surface area contributed by atoms with Gasteiger partial charge in [-0.1, -0.05) is 98.8 Å². The molecule has 1 heteroatoms. The molecule has 2 bridgehead atoms. The molecule has 1 saturated heterocycles. The first-order valence-corrected chi connectivity index (χ1v) is 9.58. The van der Waals surface area contributed by atoms with Crippen LogP contribution in [0.15, 0.2) is 84.9 Å². The van der Waals surface area contributed by atoms with Gasteiger partial charge in [0.1, 0.15) is 11.2 Å². The standard InChI is InChI=1S/C25H22O/c1-17-22-23(17,2)25(19-13-7-4-8-14-19)21-16-10-9-15-20(21)24(22,26-25)18-11-5-3-6-12-18/h3-17,22H,1-2H3/t17-,22-,23+,24+,25-/m1/s1. The molecule has 1 saturated carbocycles. The largest absolute Gasteiger partial charge is 0.349 e. The van der Waals surface area contributed by atoms with Crippen LogP contribution < -0.4 is 0 Å². The Labute approximate surface area is 154 Å². The van der Waals surface area contributed by atoms with Crippen molar-refractivity contribution in [3.05, 3.63) is 107 Å². The van der Waals surface area contributed by atoms with Crippen molar-refractivity contribution in [1.82, 2.24) is 0 Å². The highest BCUT2D eigenvalue weighted by molar-refractivity contribution is 5.62. The molecule has 0 unspecified atom stereocenters. The zero-order valence-electron chi connectivity index (χ0n) is 15.1. The van der Waals surface area contributed by atoms with Crippen LogP contribution in [0.3, 0.4) is 0 Å². The molecule has 1 aliphatic carbocycles. The summed E-state index contributed by atoms with van der Waals surface area (Å²) in [6, 6.07) is 30.6. The van der Waals surface area contributed by atoms with Crippen molar-refractivity contribution in [3.63, 3.8) is 0 Å². The molecular formula is C25H22O. The Bertz CT molecular complexity index is 1010. The minimum absolute atomic E-state index is 0.124. The fourth-order valence-corrected chi connectivity index (χ4v) is 6.42. The van der Waals surface area contributed by atoms with E-state index in [1.54, 1.807) is 0 Å². The molecule has 0 N–H and O–H groups in total. The van der Waals surface area contributed by atoms with E-state index in [0.717, 1.165) is 0 Å². The zero-order chi connectivity index (χ0) is 17.6. The van der Waals surface area contributed by atoms with Crippen molar-refractivity contribution >= 4 is 0 Å². The molecule has 128 valence electrons. The third-order valence-electron chi connectivity index (χ3n) is 7.58. The van der Waals surface area contributed by atoms with Gasteiger partial charge < -0.3 is 4.74 Å². The number of hydrogen-bond acceptors (Lipinski definition) is 1. The second-order valence-corrected chi connectivity index (χ2v) is 8.35. The summed E-state index contributed by atoms with van der Waals surface area (Å²) < 4.78 is 7.23. The normalized spacial score (nSPS) is 38.7. The van der Waals surface area contributed by atoms with Gasteiger partial charge in [0.15, 0.2) is 0 Å². The Kier molecular flexibility index (Phi) is 2.54. The van der Waals surface area contributed by atoms with Crippen LogP contribution in [0.4, 0.5) is 0 Å². The number of benzene rings is 3. The van der Waals surface area contributed by atoms with Gasteiger partial charge >= 0.3 is 0 Å². The lowest BCUT2D eigenvalue weighted by molar-refractivity contribution is -0.0934. The van der Waals surface area contributed by atoms with Crippen molar-refractivity contribution in [2.24, 2.45) is 17.3 Å². The van der Waals surface area contributed by atoms with Crippen molar-refractivity contribution in [2.45, 2.75) is 25.0 Å². The molecule has 26 heavy (non-hydrogen) atoms. The van der Waals surface area contributed by atoms with Crippen molar-refractivity contribution in [1.29, 1.82) is 0 Å². The number of ether oxygens (including phenoxy) is 1. The average Bonchev–Trinajstić information content (AvgIpc) is 3.04. The minimum Gasteiger partial charge on any atom is -0.349 e. The molecule has 5 atom stereocenters. The lowest BCUT2D eigenvalue weighted by Gasteiger charge is -2.36. The Morgan fingerprint density at radius 1 is 0.692 bits per heavy atom. The van der Waals surface area contributed by atoms with Crippen LogP contribution in [0.25, 0.3) is 0 Å². The van der Waals surface area contributed by atoms with Crippen molar-refractivity contribution in [2.75, 3.05) is 0 Å². The van der Waals surface area contributed by atoms with E-state index >= 15 is 0 Å². The Morgan fingerprint density at radius 3 is 1.88 bits per heavy atom. The maximum absolute atomic E-state index is 7.23. The van der Waals surface area contributed by atoms with E-state index in [4.69, 9.17) is 4.74 Å². The Morgan fingerprint density at radius 2 is 1.23 bits per heavy atom. The summed E-state index contributed by atoms with van der Waals surface area (Å²) >= 11 is 0. The first-order valence-electron chi connectivity index (χ1n) is 9.58. The second-order valence-electron chi connectivity index (χ2n) is 8.35. The lowest BCUT2D eigenvalue weighted by Crippen LogP contribution is -2.36. The molecule has 0 spiro atoms. The smallest absolute Gasteiger partial charge is 0.126 e. The third-order valence-corrected chi connectivity index (χ3v) is 7.58. The van der Waals surface area contributed by atoms with Gasteiger partial charge in [-0.3, -0.25) is 0 Å². The quantitative estimate of drug-likeness (QED) is 0.600. The van der Waals surface area contributed by atoms with Crippen LogP contribution in [0.5, 0.6) is 0 Å². The first-order chi connectivity index (χ1) is 12.7. The first kappa shape index (κ1) is 14.8. The SMILES string of the molecule is C[C@@H]1[C@H]2[C@@]3(c4ccccc4)O[C@](c4ccccc4)(c4ccccc43)[C@@]12C. The highest BCUT2D eigenvalue weighted by Gasteiger charge is 2.87. The highest BCUT2D eigenvalue weighted by atomic mass is 16.5. The summed E-state index contributed by atoms with van der Waals surface area (Å²) in [5.74, 6) is 1.12. The van der Waals surface area contributed by atoms with E-state index in [9.17, 15) is 0 Å². The van der Waals surface area contributed by atoms with E-state index in [2.05, 4.69) is 98.8 Å². The van der Waals surface area contributed by atoms with Gasteiger partial charge in [-0.15, -0.1) is 0 Å². The molecular weight excluding hydrogens is 316 g/mol. The van der Waals surface area contributed by atoms with Gasteiger partial charge in [-0.05, 0) is 28.2 Å². The van der Waals surface area contributed by atoms with Gasteiger partial charge in [0.05, 0.1) is 0 Å². The Balaban J connectivity index is 1.73. The molecule has 2 fully saturated rings. The summed E-state index contributed by atoms with van der Waals surface area (Å²) in [5.41, 5.74) is 4.74. The fourth-order valence-electron chi connectivity index (χ4n) is 6.42. The number of fused-ring (bicyclic) bond motifs is 8. The predicted octanol–water partition coefficient (Wildman–Crippen LogP) is 5.49. The van der Waals surface area contributed by atoms with Crippen LogP contribution in [0, 0.1) is 17.3 Å². The fraction of sp³-hybridized carbons (Fsp3) is 0.280. The zero-order valence-corrected chi connectivity index (χ0v) is 15.1. The average molecular weight is 338 g/mol. The molecule has 0 radical (unpaired) electrons. The second kappa shape index (κ2) is 4.47. The molecule has 6 rings (SSSR count). The molecule has 2 heterocycles. The van der Waals surface area contributed by atoms with E-state index < -0.39 is 0 Å².